The van der Waals surface area contributed by atoms with Gasteiger partial charge in [-0.1, -0.05) is 12.1 Å². The van der Waals surface area contributed by atoms with E-state index in [4.69, 9.17) is 15.3 Å². The molecule has 2 heterocycles. The minimum absolute atomic E-state index is 0.0191. The standard InChI is InChI=1S/C20H25N5O3S/c1-14(13-27-3)28-20(26)12-25(21)29-17-6-4-16(5-7-17)11-24-15(2)23-18-10-22-9-8-19(18)24/h4-10,14H,11-13,21H2,1-3H3. The summed E-state index contributed by atoms with van der Waals surface area (Å²) in [7, 11) is 1.56. The molecule has 0 aliphatic carbocycles. The molecular weight excluding hydrogens is 390 g/mol. The predicted molar refractivity (Wildman–Crippen MR) is 112 cm³/mol. The highest BCUT2D eigenvalue weighted by Crippen LogP contribution is 2.22. The Labute approximate surface area is 174 Å². The first-order chi connectivity index (χ1) is 14.0. The van der Waals surface area contributed by atoms with E-state index in [-0.39, 0.29) is 12.6 Å². The lowest BCUT2D eigenvalue weighted by atomic mass is 10.2. The number of methoxy groups -OCH3 is 1. The molecule has 0 aliphatic heterocycles. The van der Waals surface area contributed by atoms with Gasteiger partial charge in [-0.3, -0.25) is 15.6 Å². The number of ether oxygens (including phenoxy) is 2. The Hall–Kier alpha value is -2.46. The number of fused-ring (bicyclic) bond motifs is 1. The largest absolute Gasteiger partial charge is 0.459 e. The maximum absolute atomic E-state index is 11.9. The number of carbonyl (C=O) groups is 1. The SMILES string of the molecule is COCC(C)OC(=O)CN(N)Sc1ccc(Cn2c(C)nc3cnccc32)cc1. The van der Waals surface area contributed by atoms with E-state index in [0.717, 1.165) is 27.3 Å². The van der Waals surface area contributed by atoms with Crippen molar-refractivity contribution in [3.63, 3.8) is 0 Å². The van der Waals surface area contributed by atoms with Gasteiger partial charge in [0.2, 0.25) is 0 Å². The maximum Gasteiger partial charge on any atom is 0.323 e. The number of pyridine rings is 1. The molecule has 29 heavy (non-hydrogen) atoms. The molecule has 2 N–H and O–H groups in total. The lowest BCUT2D eigenvalue weighted by Crippen LogP contribution is -2.33. The van der Waals surface area contributed by atoms with E-state index < -0.39 is 5.97 Å². The Kier molecular flexibility index (Phi) is 7.21. The number of nitrogens with zero attached hydrogens (tertiary/aromatic N) is 4. The van der Waals surface area contributed by atoms with Gasteiger partial charge in [-0.05, 0) is 49.6 Å². The van der Waals surface area contributed by atoms with Gasteiger partial charge in [-0.15, -0.1) is 0 Å². The second-order valence-corrected chi connectivity index (χ2v) is 7.80. The second kappa shape index (κ2) is 9.84. The molecule has 154 valence electrons. The van der Waals surface area contributed by atoms with Gasteiger partial charge < -0.3 is 14.0 Å². The summed E-state index contributed by atoms with van der Waals surface area (Å²) < 4.78 is 13.7. The Morgan fingerprint density at radius 1 is 1.31 bits per heavy atom. The van der Waals surface area contributed by atoms with Crippen LogP contribution in [0.4, 0.5) is 0 Å². The molecule has 3 aromatic rings. The fourth-order valence-electron chi connectivity index (χ4n) is 2.97. The summed E-state index contributed by atoms with van der Waals surface area (Å²) in [5, 5.41) is 0. The summed E-state index contributed by atoms with van der Waals surface area (Å²) in [5.74, 6) is 6.49. The van der Waals surface area contributed by atoms with Crippen LogP contribution in [0.2, 0.25) is 0 Å². The zero-order valence-corrected chi connectivity index (χ0v) is 17.6. The van der Waals surface area contributed by atoms with Crippen LogP contribution in [0.25, 0.3) is 11.0 Å². The van der Waals surface area contributed by atoms with Crippen molar-refractivity contribution in [2.45, 2.75) is 31.4 Å². The van der Waals surface area contributed by atoms with E-state index in [1.54, 1.807) is 26.4 Å². The first kappa shape index (κ1) is 21.3. The Bertz CT molecular complexity index is 960. The quantitative estimate of drug-likeness (QED) is 0.247. The number of rotatable bonds is 9. The van der Waals surface area contributed by atoms with Crippen LogP contribution in [0, 0.1) is 6.92 Å². The lowest BCUT2D eigenvalue weighted by molar-refractivity contribution is -0.150. The van der Waals surface area contributed by atoms with Crippen LogP contribution in [0.1, 0.15) is 18.3 Å². The maximum atomic E-state index is 11.9. The minimum Gasteiger partial charge on any atom is -0.459 e. The number of esters is 1. The number of benzene rings is 1. The summed E-state index contributed by atoms with van der Waals surface area (Å²) in [6.07, 6.45) is 3.25. The van der Waals surface area contributed by atoms with Gasteiger partial charge >= 0.3 is 5.97 Å². The van der Waals surface area contributed by atoms with Crippen molar-refractivity contribution in [3.8, 4) is 0 Å². The fraction of sp³-hybridized carbons (Fsp3) is 0.350. The average molecular weight is 416 g/mol. The summed E-state index contributed by atoms with van der Waals surface area (Å²) in [6.45, 7) is 4.81. The van der Waals surface area contributed by atoms with Crippen molar-refractivity contribution >= 4 is 29.0 Å². The number of nitrogens with two attached hydrogens (primary N) is 1. The smallest absolute Gasteiger partial charge is 0.323 e. The molecule has 0 aliphatic rings. The minimum atomic E-state index is -0.391. The lowest BCUT2D eigenvalue weighted by Gasteiger charge is -2.17. The van der Waals surface area contributed by atoms with Gasteiger partial charge in [-0.2, -0.15) is 4.41 Å². The number of imidazole rings is 1. The van der Waals surface area contributed by atoms with E-state index in [1.807, 2.05) is 37.3 Å². The fourth-order valence-corrected chi connectivity index (χ4v) is 3.66. The van der Waals surface area contributed by atoms with Crippen LogP contribution < -0.4 is 5.84 Å². The third-order valence-electron chi connectivity index (χ3n) is 4.25. The van der Waals surface area contributed by atoms with E-state index in [9.17, 15) is 4.79 Å². The van der Waals surface area contributed by atoms with Crippen LogP contribution in [0.5, 0.6) is 0 Å². The first-order valence-electron chi connectivity index (χ1n) is 9.20. The van der Waals surface area contributed by atoms with Gasteiger partial charge in [0, 0.05) is 24.7 Å². The molecular formula is C20H25N5O3S. The number of hydrogen-bond acceptors (Lipinski definition) is 8. The Morgan fingerprint density at radius 3 is 2.79 bits per heavy atom. The molecule has 0 radical (unpaired) electrons. The first-order valence-corrected chi connectivity index (χ1v) is 9.98. The summed E-state index contributed by atoms with van der Waals surface area (Å²) in [4.78, 5) is 21.5. The van der Waals surface area contributed by atoms with E-state index in [2.05, 4.69) is 14.5 Å². The molecule has 8 nitrogen and oxygen atoms in total. The molecule has 0 saturated heterocycles. The molecule has 0 bridgehead atoms. The monoisotopic (exact) mass is 415 g/mol. The van der Waals surface area contributed by atoms with Crippen molar-refractivity contribution in [2.24, 2.45) is 5.84 Å². The Balaban J connectivity index is 1.57. The number of hydrogen-bond donors (Lipinski definition) is 1. The number of aryl methyl sites for hydroxylation is 1. The van der Waals surface area contributed by atoms with Crippen LogP contribution >= 0.6 is 11.9 Å². The molecule has 0 spiro atoms. The highest BCUT2D eigenvalue weighted by atomic mass is 32.2. The molecule has 1 unspecified atom stereocenters. The van der Waals surface area contributed by atoms with E-state index in [0.29, 0.717) is 13.2 Å². The zero-order valence-electron chi connectivity index (χ0n) is 16.7. The molecule has 3 rings (SSSR count). The van der Waals surface area contributed by atoms with Crippen LogP contribution in [-0.4, -0.2) is 51.3 Å². The summed E-state index contributed by atoms with van der Waals surface area (Å²) in [5.41, 5.74) is 3.10. The zero-order chi connectivity index (χ0) is 20.8. The molecule has 0 amide bonds. The van der Waals surface area contributed by atoms with Gasteiger partial charge in [0.1, 0.15) is 24.0 Å². The highest BCUT2D eigenvalue weighted by Gasteiger charge is 2.14. The molecule has 9 heteroatoms. The third kappa shape index (κ3) is 5.77. The van der Waals surface area contributed by atoms with Crippen LogP contribution in [-0.2, 0) is 20.8 Å². The number of aromatic nitrogens is 3. The number of hydrazine groups is 1. The average Bonchev–Trinajstić information content (AvgIpc) is 2.98. The second-order valence-electron chi connectivity index (χ2n) is 6.68. The van der Waals surface area contributed by atoms with Gasteiger partial charge in [-0.25, -0.2) is 4.98 Å². The van der Waals surface area contributed by atoms with Gasteiger partial charge in [0.05, 0.1) is 18.3 Å². The topological polar surface area (TPSA) is 95.5 Å². The summed E-state index contributed by atoms with van der Waals surface area (Å²) in [6, 6.07) is 10.0. The van der Waals surface area contributed by atoms with Crippen molar-refractivity contribution in [3.05, 3.63) is 54.1 Å². The van der Waals surface area contributed by atoms with Crippen molar-refractivity contribution in [2.75, 3.05) is 20.3 Å². The molecule has 1 aromatic carbocycles. The van der Waals surface area contributed by atoms with Crippen molar-refractivity contribution in [1.82, 2.24) is 18.9 Å². The van der Waals surface area contributed by atoms with Crippen molar-refractivity contribution < 1.29 is 14.3 Å². The Morgan fingerprint density at radius 2 is 2.07 bits per heavy atom. The highest BCUT2D eigenvalue weighted by molar-refractivity contribution is 7.97. The molecule has 0 saturated carbocycles. The number of carbonyl (C=O) groups excluding carboxylic acids is 1. The van der Waals surface area contributed by atoms with Crippen LogP contribution in [0.15, 0.2) is 47.6 Å². The van der Waals surface area contributed by atoms with E-state index in [1.165, 1.54) is 16.4 Å². The molecule has 0 fully saturated rings. The predicted octanol–water partition coefficient (Wildman–Crippen LogP) is 2.55. The van der Waals surface area contributed by atoms with Gasteiger partial charge in [0.15, 0.2) is 0 Å². The molecule has 2 aromatic heterocycles. The van der Waals surface area contributed by atoms with E-state index >= 15 is 0 Å². The van der Waals surface area contributed by atoms with Gasteiger partial charge in [0.25, 0.3) is 0 Å². The molecule has 1 atom stereocenters. The van der Waals surface area contributed by atoms with Crippen molar-refractivity contribution in [1.29, 1.82) is 0 Å². The summed E-state index contributed by atoms with van der Waals surface area (Å²) >= 11 is 1.29. The normalized spacial score (nSPS) is 12.4. The van der Waals surface area contributed by atoms with Crippen LogP contribution in [0.3, 0.4) is 0 Å². The third-order valence-corrected chi connectivity index (χ3v) is 5.09.